The largest absolute Gasteiger partial charge is 0.370 e. The van der Waals surface area contributed by atoms with Crippen molar-refractivity contribution in [1.29, 1.82) is 0 Å². The van der Waals surface area contributed by atoms with Crippen LogP contribution < -0.4 is 10.2 Å². The standard InChI is InChI=1S/C12H18N6/c1-5-13-11-6-10(9-7-14-18(4)8-9)15-12(16-11)17(2)3/h6-8H,5H2,1-4H3,(H,13,15,16). The van der Waals surface area contributed by atoms with Crippen LogP contribution in [0.15, 0.2) is 18.5 Å². The fraction of sp³-hybridized carbons (Fsp3) is 0.417. The summed E-state index contributed by atoms with van der Waals surface area (Å²) in [4.78, 5) is 10.8. The van der Waals surface area contributed by atoms with Crippen molar-refractivity contribution in [2.24, 2.45) is 7.05 Å². The molecule has 2 rings (SSSR count). The Bertz CT molecular complexity index is 531. The molecule has 6 nitrogen and oxygen atoms in total. The number of aromatic nitrogens is 4. The molecule has 6 heteroatoms. The second kappa shape index (κ2) is 5.03. The van der Waals surface area contributed by atoms with E-state index in [1.165, 1.54) is 0 Å². The topological polar surface area (TPSA) is 58.9 Å². The van der Waals surface area contributed by atoms with E-state index < -0.39 is 0 Å². The molecule has 2 heterocycles. The van der Waals surface area contributed by atoms with E-state index in [9.17, 15) is 0 Å². The highest BCUT2D eigenvalue weighted by atomic mass is 15.2. The first-order valence-electron chi connectivity index (χ1n) is 5.89. The third kappa shape index (κ3) is 2.58. The molecule has 0 saturated carbocycles. The Kier molecular flexibility index (Phi) is 3.45. The monoisotopic (exact) mass is 246 g/mol. The number of hydrogen-bond donors (Lipinski definition) is 1. The summed E-state index contributed by atoms with van der Waals surface area (Å²) in [6.45, 7) is 2.87. The first-order chi connectivity index (χ1) is 8.60. The van der Waals surface area contributed by atoms with Crippen molar-refractivity contribution in [2.75, 3.05) is 30.9 Å². The molecule has 0 spiro atoms. The van der Waals surface area contributed by atoms with Gasteiger partial charge in [-0.15, -0.1) is 0 Å². The Hall–Kier alpha value is -2.11. The van der Waals surface area contributed by atoms with E-state index in [2.05, 4.69) is 20.4 Å². The number of nitrogens with one attached hydrogen (secondary N) is 1. The maximum absolute atomic E-state index is 4.52. The van der Waals surface area contributed by atoms with Gasteiger partial charge in [0, 0.05) is 45.5 Å². The molecule has 0 fully saturated rings. The van der Waals surface area contributed by atoms with Crippen LogP contribution in [0.5, 0.6) is 0 Å². The van der Waals surface area contributed by atoms with Crippen LogP contribution >= 0.6 is 0 Å². The molecule has 18 heavy (non-hydrogen) atoms. The van der Waals surface area contributed by atoms with Crippen molar-refractivity contribution in [1.82, 2.24) is 19.7 Å². The Labute approximate surface area is 107 Å². The minimum Gasteiger partial charge on any atom is -0.370 e. The van der Waals surface area contributed by atoms with Crippen LogP contribution in [0, 0.1) is 0 Å². The van der Waals surface area contributed by atoms with Crippen LogP contribution in [0.4, 0.5) is 11.8 Å². The minimum atomic E-state index is 0.687. The SMILES string of the molecule is CCNc1cc(-c2cnn(C)c2)nc(N(C)C)n1. The lowest BCUT2D eigenvalue weighted by Crippen LogP contribution is -2.14. The zero-order valence-corrected chi connectivity index (χ0v) is 11.2. The average Bonchev–Trinajstić information content (AvgIpc) is 2.76. The first kappa shape index (κ1) is 12.3. The van der Waals surface area contributed by atoms with E-state index in [0.29, 0.717) is 5.95 Å². The van der Waals surface area contributed by atoms with Gasteiger partial charge in [0.25, 0.3) is 0 Å². The molecule has 0 aliphatic rings. The van der Waals surface area contributed by atoms with Gasteiger partial charge >= 0.3 is 0 Å². The van der Waals surface area contributed by atoms with Gasteiger partial charge in [-0.1, -0.05) is 0 Å². The van der Waals surface area contributed by atoms with Crippen molar-refractivity contribution < 1.29 is 0 Å². The molecule has 0 saturated heterocycles. The van der Waals surface area contributed by atoms with Gasteiger partial charge in [0.05, 0.1) is 11.9 Å². The second-order valence-electron chi connectivity index (χ2n) is 4.27. The van der Waals surface area contributed by atoms with Crippen molar-refractivity contribution in [3.63, 3.8) is 0 Å². The van der Waals surface area contributed by atoms with Crippen LogP contribution in [0.2, 0.25) is 0 Å². The molecule has 0 radical (unpaired) electrons. The van der Waals surface area contributed by atoms with Gasteiger partial charge in [-0.25, -0.2) is 4.98 Å². The summed E-state index contributed by atoms with van der Waals surface area (Å²) < 4.78 is 1.76. The van der Waals surface area contributed by atoms with Gasteiger partial charge in [0.15, 0.2) is 0 Å². The second-order valence-corrected chi connectivity index (χ2v) is 4.27. The molecule has 96 valence electrons. The highest BCUT2D eigenvalue weighted by Crippen LogP contribution is 2.21. The average molecular weight is 246 g/mol. The molecule has 0 unspecified atom stereocenters. The first-order valence-corrected chi connectivity index (χ1v) is 5.89. The summed E-state index contributed by atoms with van der Waals surface area (Å²) in [6.07, 6.45) is 3.75. The predicted molar refractivity (Wildman–Crippen MR) is 72.7 cm³/mol. The Morgan fingerprint density at radius 2 is 2.11 bits per heavy atom. The Morgan fingerprint density at radius 3 is 2.67 bits per heavy atom. The number of aryl methyl sites for hydroxylation is 1. The quantitative estimate of drug-likeness (QED) is 0.883. The lowest BCUT2D eigenvalue weighted by atomic mass is 10.2. The molecular formula is C12H18N6. The van der Waals surface area contributed by atoms with E-state index in [0.717, 1.165) is 23.6 Å². The van der Waals surface area contributed by atoms with Gasteiger partial charge < -0.3 is 10.2 Å². The molecule has 2 aromatic rings. The smallest absolute Gasteiger partial charge is 0.227 e. The van der Waals surface area contributed by atoms with Gasteiger partial charge in [-0.05, 0) is 6.92 Å². The highest BCUT2D eigenvalue weighted by molar-refractivity contribution is 5.63. The third-order valence-corrected chi connectivity index (χ3v) is 2.47. The van der Waals surface area contributed by atoms with Gasteiger partial charge in [-0.3, -0.25) is 4.68 Å². The number of rotatable bonds is 4. The summed E-state index contributed by atoms with van der Waals surface area (Å²) in [7, 11) is 5.75. The normalized spacial score (nSPS) is 10.4. The number of nitrogens with zero attached hydrogens (tertiary/aromatic N) is 5. The minimum absolute atomic E-state index is 0.687. The predicted octanol–water partition coefficient (Wildman–Crippen LogP) is 1.37. The molecule has 0 aromatic carbocycles. The summed E-state index contributed by atoms with van der Waals surface area (Å²) in [5, 5.41) is 7.38. The lowest BCUT2D eigenvalue weighted by Gasteiger charge is -2.13. The third-order valence-electron chi connectivity index (χ3n) is 2.47. The molecule has 2 aromatic heterocycles. The summed E-state index contributed by atoms with van der Waals surface area (Å²) in [5.74, 6) is 1.52. The van der Waals surface area contributed by atoms with Crippen LogP contribution in [0.3, 0.4) is 0 Å². The molecule has 1 N–H and O–H groups in total. The van der Waals surface area contributed by atoms with Crippen LogP contribution in [0.1, 0.15) is 6.92 Å². The van der Waals surface area contributed by atoms with Crippen LogP contribution in [0.25, 0.3) is 11.3 Å². The van der Waals surface area contributed by atoms with Crippen molar-refractivity contribution in [3.05, 3.63) is 18.5 Å². The van der Waals surface area contributed by atoms with Crippen LogP contribution in [-0.4, -0.2) is 40.4 Å². The highest BCUT2D eigenvalue weighted by Gasteiger charge is 2.09. The van der Waals surface area contributed by atoms with Crippen LogP contribution in [-0.2, 0) is 7.05 Å². The molecule has 0 atom stereocenters. The van der Waals surface area contributed by atoms with E-state index in [4.69, 9.17) is 0 Å². The zero-order valence-electron chi connectivity index (χ0n) is 11.2. The zero-order chi connectivity index (χ0) is 13.1. The molecule has 0 aliphatic carbocycles. The molecule has 0 aliphatic heterocycles. The fourth-order valence-electron chi connectivity index (χ4n) is 1.61. The summed E-state index contributed by atoms with van der Waals surface area (Å²) >= 11 is 0. The van der Waals surface area contributed by atoms with E-state index >= 15 is 0 Å². The fourth-order valence-corrected chi connectivity index (χ4v) is 1.61. The van der Waals surface area contributed by atoms with Gasteiger partial charge in [-0.2, -0.15) is 10.1 Å². The van der Waals surface area contributed by atoms with Gasteiger partial charge in [0.2, 0.25) is 5.95 Å². The Balaban J connectivity index is 2.45. The Morgan fingerprint density at radius 1 is 1.33 bits per heavy atom. The summed E-state index contributed by atoms with van der Waals surface area (Å²) in [6, 6.07) is 1.94. The van der Waals surface area contributed by atoms with E-state index in [1.54, 1.807) is 10.9 Å². The van der Waals surface area contributed by atoms with Crippen molar-refractivity contribution in [2.45, 2.75) is 6.92 Å². The van der Waals surface area contributed by atoms with E-state index in [1.807, 2.05) is 45.2 Å². The summed E-state index contributed by atoms with van der Waals surface area (Å²) in [5.41, 5.74) is 1.86. The lowest BCUT2D eigenvalue weighted by molar-refractivity contribution is 0.768. The molecule has 0 amide bonds. The number of hydrogen-bond acceptors (Lipinski definition) is 5. The maximum atomic E-state index is 4.52. The number of anilines is 2. The maximum Gasteiger partial charge on any atom is 0.227 e. The molecule has 0 bridgehead atoms. The van der Waals surface area contributed by atoms with Crippen molar-refractivity contribution >= 4 is 11.8 Å². The molecular weight excluding hydrogens is 228 g/mol. The van der Waals surface area contributed by atoms with Gasteiger partial charge in [0.1, 0.15) is 5.82 Å². The van der Waals surface area contributed by atoms with E-state index in [-0.39, 0.29) is 0 Å². The van der Waals surface area contributed by atoms with Crippen molar-refractivity contribution in [3.8, 4) is 11.3 Å².